The quantitative estimate of drug-likeness (QED) is 0.847. The van der Waals surface area contributed by atoms with Crippen LogP contribution in [0.2, 0.25) is 0 Å². The second-order valence-corrected chi connectivity index (χ2v) is 6.56. The summed E-state index contributed by atoms with van der Waals surface area (Å²) in [6.07, 6.45) is 0. The van der Waals surface area contributed by atoms with Gasteiger partial charge in [-0.1, -0.05) is 39.8 Å². The molecule has 4 nitrogen and oxygen atoms in total. The molecule has 0 aliphatic rings. The van der Waals surface area contributed by atoms with E-state index in [4.69, 9.17) is 0 Å². The van der Waals surface area contributed by atoms with Crippen molar-refractivity contribution >= 4 is 11.8 Å². The lowest BCUT2D eigenvalue weighted by molar-refractivity contribution is 0.0895. The first-order valence-corrected chi connectivity index (χ1v) is 7.94. The average molecular weight is 304 g/mol. The van der Waals surface area contributed by atoms with Crippen molar-refractivity contribution in [2.45, 2.75) is 53.6 Å². The molecule has 1 rings (SSSR count). The summed E-state index contributed by atoms with van der Waals surface area (Å²) in [5, 5.41) is 5.90. The molecule has 4 heteroatoms. The number of nitrogens with one attached hydrogen (secondary N) is 2. The Morgan fingerprint density at radius 3 is 1.32 bits per heavy atom. The number of carbonyl (C=O) groups is 2. The summed E-state index contributed by atoms with van der Waals surface area (Å²) in [4.78, 5) is 24.8. The molecule has 2 amide bonds. The molecule has 22 heavy (non-hydrogen) atoms. The third-order valence-corrected chi connectivity index (χ3v) is 4.13. The maximum Gasteiger partial charge on any atom is 0.252 e. The summed E-state index contributed by atoms with van der Waals surface area (Å²) in [5.74, 6) is 0.269. The molecule has 0 saturated carbocycles. The Morgan fingerprint density at radius 2 is 1.05 bits per heavy atom. The van der Waals surface area contributed by atoms with E-state index in [9.17, 15) is 9.59 Å². The van der Waals surface area contributed by atoms with E-state index in [1.165, 1.54) is 0 Å². The third kappa shape index (κ3) is 4.86. The molecule has 0 bridgehead atoms. The van der Waals surface area contributed by atoms with Gasteiger partial charge in [0.1, 0.15) is 0 Å². The van der Waals surface area contributed by atoms with Crippen LogP contribution >= 0.6 is 0 Å². The molecule has 0 spiro atoms. The monoisotopic (exact) mass is 304 g/mol. The van der Waals surface area contributed by atoms with Gasteiger partial charge in [0.25, 0.3) is 11.8 Å². The van der Waals surface area contributed by atoms with Crippen LogP contribution in [0, 0.1) is 11.8 Å². The molecule has 0 aromatic heterocycles. The van der Waals surface area contributed by atoms with Crippen LogP contribution in [0.5, 0.6) is 0 Å². The highest BCUT2D eigenvalue weighted by Crippen LogP contribution is 2.12. The van der Waals surface area contributed by atoms with E-state index in [0.29, 0.717) is 23.0 Å². The van der Waals surface area contributed by atoms with Gasteiger partial charge in [0, 0.05) is 12.1 Å². The lowest BCUT2D eigenvalue weighted by Crippen LogP contribution is -2.39. The van der Waals surface area contributed by atoms with Crippen molar-refractivity contribution in [1.29, 1.82) is 0 Å². The number of hydrogen-bond donors (Lipinski definition) is 2. The lowest BCUT2D eigenvalue weighted by atomic mass is 10.0. The zero-order valence-corrected chi connectivity index (χ0v) is 14.4. The minimum Gasteiger partial charge on any atom is -0.349 e. The molecule has 0 saturated heterocycles. The van der Waals surface area contributed by atoms with E-state index in [1.54, 1.807) is 24.3 Å². The van der Waals surface area contributed by atoms with Crippen molar-refractivity contribution in [3.63, 3.8) is 0 Å². The van der Waals surface area contributed by atoms with Crippen LogP contribution < -0.4 is 10.6 Å². The van der Waals surface area contributed by atoms with Gasteiger partial charge in [0.2, 0.25) is 0 Å². The Balaban J connectivity index is 2.94. The van der Waals surface area contributed by atoms with Crippen molar-refractivity contribution in [2.24, 2.45) is 11.8 Å². The van der Waals surface area contributed by atoms with Gasteiger partial charge in [-0.25, -0.2) is 0 Å². The third-order valence-electron chi connectivity index (χ3n) is 4.13. The van der Waals surface area contributed by atoms with Gasteiger partial charge >= 0.3 is 0 Å². The fourth-order valence-corrected chi connectivity index (χ4v) is 1.78. The Kier molecular flexibility index (Phi) is 6.60. The second-order valence-electron chi connectivity index (χ2n) is 6.56. The fourth-order valence-electron chi connectivity index (χ4n) is 1.78. The maximum atomic E-state index is 12.4. The highest BCUT2D eigenvalue weighted by atomic mass is 16.2. The molecule has 1 aromatic carbocycles. The van der Waals surface area contributed by atoms with E-state index in [0.717, 1.165) is 0 Å². The van der Waals surface area contributed by atoms with Crippen LogP contribution in [-0.4, -0.2) is 23.9 Å². The van der Waals surface area contributed by atoms with Gasteiger partial charge in [-0.3, -0.25) is 9.59 Å². The van der Waals surface area contributed by atoms with E-state index < -0.39 is 0 Å². The molecular weight excluding hydrogens is 276 g/mol. The summed E-state index contributed by atoms with van der Waals surface area (Å²) in [7, 11) is 0. The molecule has 2 atom stereocenters. The molecule has 0 fully saturated rings. The van der Waals surface area contributed by atoms with E-state index >= 15 is 0 Å². The van der Waals surface area contributed by atoms with Crippen LogP contribution in [0.3, 0.4) is 0 Å². The Morgan fingerprint density at radius 1 is 0.727 bits per heavy atom. The molecule has 0 radical (unpaired) electrons. The van der Waals surface area contributed by atoms with Crippen molar-refractivity contribution in [1.82, 2.24) is 10.6 Å². The highest BCUT2D eigenvalue weighted by Gasteiger charge is 2.20. The Bertz CT molecular complexity index is 477. The van der Waals surface area contributed by atoms with E-state index in [1.807, 2.05) is 41.5 Å². The topological polar surface area (TPSA) is 58.2 Å². The number of benzene rings is 1. The summed E-state index contributed by atoms with van der Waals surface area (Å²) in [6, 6.07) is 7.04. The predicted molar refractivity (Wildman–Crippen MR) is 90.0 cm³/mol. The first-order valence-electron chi connectivity index (χ1n) is 7.94. The first-order chi connectivity index (χ1) is 10.2. The largest absolute Gasteiger partial charge is 0.349 e. The molecule has 2 N–H and O–H groups in total. The normalized spacial score (nSPS) is 13.8. The number of hydrogen-bond acceptors (Lipinski definition) is 2. The fraction of sp³-hybridized carbons (Fsp3) is 0.556. The molecule has 0 aliphatic heterocycles. The Hall–Kier alpha value is -1.84. The molecule has 0 unspecified atom stereocenters. The van der Waals surface area contributed by atoms with Gasteiger partial charge in [0.05, 0.1) is 11.1 Å². The summed E-state index contributed by atoms with van der Waals surface area (Å²) in [5.41, 5.74) is 0.840. The summed E-state index contributed by atoms with van der Waals surface area (Å²) >= 11 is 0. The van der Waals surface area contributed by atoms with Crippen LogP contribution in [0.15, 0.2) is 24.3 Å². The molecule has 1 aromatic rings. The minimum absolute atomic E-state index is 0.0539. The van der Waals surface area contributed by atoms with Gasteiger partial charge < -0.3 is 10.6 Å². The SMILES string of the molecule is CC(C)[C@H](C)NC(=O)c1ccccc1C(=O)N[C@@H](C)C(C)C. The van der Waals surface area contributed by atoms with Crippen molar-refractivity contribution in [2.75, 3.05) is 0 Å². The van der Waals surface area contributed by atoms with Crippen LogP contribution in [0.4, 0.5) is 0 Å². The summed E-state index contributed by atoms with van der Waals surface area (Å²) in [6.45, 7) is 12.1. The molecule has 122 valence electrons. The molecular formula is C18H28N2O2. The van der Waals surface area contributed by atoms with Crippen molar-refractivity contribution in [3.8, 4) is 0 Å². The number of amides is 2. The lowest BCUT2D eigenvalue weighted by Gasteiger charge is -2.20. The average Bonchev–Trinajstić information content (AvgIpc) is 2.46. The van der Waals surface area contributed by atoms with Crippen molar-refractivity contribution < 1.29 is 9.59 Å². The number of rotatable bonds is 6. The number of carbonyl (C=O) groups excluding carboxylic acids is 2. The van der Waals surface area contributed by atoms with Crippen LogP contribution in [0.25, 0.3) is 0 Å². The van der Waals surface area contributed by atoms with Gasteiger partial charge in [-0.05, 0) is 37.8 Å². The first kappa shape index (κ1) is 18.2. The highest BCUT2D eigenvalue weighted by molar-refractivity contribution is 6.07. The molecule has 0 heterocycles. The van der Waals surface area contributed by atoms with Crippen molar-refractivity contribution in [3.05, 3.63) is 35.4 Å². The van der Waals surface area contributed by atoms with Crippen LogP contribution in [0.1, 0.15) is 62.3 Å². The Labute approximate surface area is 133 Å². The van der Waals surface area contributed by atoms with Gasteiger partial charge in [0.15, 0.2) is 0 Å². The van der Waals surface area contributed by atoms with E-state index in [2.05, 4.69) is 10.6 Å². The minimum atomic E-state index is -0.204. The second kappa shape index (κ2) is 7.97. The molecule has 0 aliphatic carbocycles. The summed E-state index contributed by atoms with van der Waals surface area (Å²) < 4.78 is 0. The maximum absolute atomic E-state index is 12.4. The van der Waals surface area contributed by atoms with Gasteiger partial charge in [-0.15, -0.1) is 0 Å². The van der Waals surface area contributed by atoms with Crippen LogP contribution in [-0.2, 0) is 0 Å². The van der Waals surface area contributed by atoms with Gasteiger partial charge in [-0.2, -0.15) is 0 Å². The zero-order valence-electron chi connectivity index (χ0n) is 14.4. The predicted octanol–water partition coefficient (Wildman–Crippen LogP) is 3.24. The standard InChI is InChI=1S/C18H28N2O2/c1-11(2)13(5)19-17(21)15-9-7-8-10-16(15)18(22)20-14(6)12(3)4/h7-14H,1-6H3,(H,19,21)(H,20,22)/t13-,14-/m0/s1. The zero-order chi connectivity index (χ0) is 16.9. The smallest absolute Gasteiger partial charge is 0.252 e. The van der Waals surface area contributed by atoms with E-state index in [-0.39, 0.29) is 23.9 Å².